The molecule has 1 amide bonds. The molecule has 0 aliphatic heterocycles. The van der Waals surface area contributed by atoms with Crippen molar-refractivity contribution in [2.75, 3.05) is 13.7 Å². The zero-order chi connectivity index (χ0) is 12.0. The largest absolute Gasteiger partial charge is 0.372 e. The summed E-state index contributed by atoms with van der Waals surface area (Å²) in [4.78, 5) is 11.3. The van der Waals surface area contributed by atoms with Crippen molar-refractivity contribution >= 4 is 5.91 Å². The molecule has 0 aromatic heterocycles. The van der Waals surface area contributed by atoms with Crippen LogP contribution in [0.2, 0.25) is 0 Å². The minimum absolute atomic E-state index is 0.135. The predicted molar refractivity (Wildman–Crippen MR) is 59.6 cm³/mol. The second kappa shape index (κ2) is 6.23. The number of benzene rings is 1. The van der Waals surface area contributed by atoms with Gasteiger partial charge < -0.3 is 10.1 Å². The fraction of sp³-hybridized carbons (Fsp3) is 0.417. The topological polar surface area (TPSA) is 38.3 Å². The van der Waals surface area contributed by atoms with E-state index in [2.05, 4.69) is 5.32 Å². The summed E-state index contributed by atoms with van der Waals surface area (Å²) < 4.78 is 17.5. The Labute approximate surface area is 94.6 Å². The van der Waals surface area contributed by atoms with Crippen LogP contribution in [0, 0.1) is 5.82 Å². The van der Waals surface area contributed by atoms with Crippen LogP contribution in [0.25, 0.3) is 0 Å². The van der Waals surface area contributed by atoms with Gasteiger partial charge >= 0.3 is 0 Å². The van der Waals surface area contributed by atoms with Crippen LogP contribution in [0.15, 0.2) is 24.3 Å². The highest BCUT2D eigenvalue weighted by atomic mass is 19.1. The zero-order valence-corrected chi connectivity index (χ0v) is 9.50. The molecule has 1 N–H and O–H groups in total. The SMILES string of the molecule is COC(C)C(=O)NCCc1ccc(F)cc1. The molecule has 1 aromatic carbocycles. The van der Waals surface area contributed by atoms with Gasteiger partial charge in [0.2, 0.25) is 5.91 Å². The Morgan fingerprint density at radius 1 is 1.44 bits per heavy atom. The molecule has 0 fully saturated rings. The van der Waals surface area contributed by atoms with Crippen molar-refractivity contribution in [3.63, 3.8) is 0 Å². The molecule has 0 heterocycles. The van der Waals surface area contributed by atoms with Crippen LogP contribution >= 0.6 is 0 Å². The Morgan fingerprint density at radius 3 is 2.62 bits per heavy atom. The van der Waals surface area contributed by atoms with Crippen LogP contribution in [0.4, 0.5) is 4.39 Å². The van der Waals surface area contributed by atoms with E-state index < -0.39 is 6.10 Å². The molecule has 4 heteroatoms. The Balaban J connectivity index is 2.30. The van der Waals surface area contributed by atoms with Crippen molar-refractivity contribution in [2.24, 2.45) is 0 Å². The normalized spacial score (nSPS) is 12.2. The molecule has 0 radical (unpaired) electrons. The second-order valence-corrected chi connectivity index (χ2v) is 3.55. The smallest absolute Gasteiger partial charge is 0.248 e. The fourth-order valence-corrected chi connectivity index (χ4v) is 1.23. The first-order chi connectivity index (χ1) is 7.63. The molecular formula is C12H16FNO2. The van der Waals surface area contributed by atoms with Crippen molar-refractivity contribution in [1.82, 2.24) is 5.32 Å². The summed E-state index contributed by atoms with van der Waals surface area (Å²) in [5.41, 5.74) is 0.992. The zero-order valence-electron chi connectivity index (χ0n) is 9.50. The van der Waals surface area contributed by atoms with E-state index in [0.29, 0.717) is 13.0 Å². The summed E-state index contributed by atoms with van der Waals surface area (Å²) in [5, 5.41) is 2.74. The van der Waals surface area contributed by atoms with E-state index in [4.69, 9.17) is 4.74 Å². The van der Waals surface area contributed by atoms with E-state index in [9.17, 15) is 9.18 Å². The van der Waals surface area contributed by atoms with Gasteiger partial charge in [0, 0.05) is 13.7 Å². The molecule has 0 aliphatic carbocycles. The van der Waals surface area contributed by atoms with Gasteiger partial charge in [0.1, 0.15) is 11.9 Å². The van der Waals surface area contributed by atoms with Gasteiger partial charge in [-0.05, 0) is 31.0 Å². The van der Waals surface area contributed by atoms with Crippen molar-refractivity contribution < 1.29 is 13.9 Å². The van der Waals surface area contributed by atoms with E-state index in [1.165, 1.54) is 19.2 Å². The molecule has 0 saturated carbocycles. The quantitative estimate of drug-likeness (QED) is 0.825. The number of halogens is 1. The lowest BCUT2D eigenvalue weighted by Crippen LogP contribution is -2.35. The van der Waals surface area contributed by atoms with Crippen LogP contribution in [0.1, 0.15) is 12.5 Å². The molecule has 16 heavy (non-hydrogen) atoms. The van der Waals surface area contributed by atoms with Crippen molar-refractivity contribution in [3.05, 3.63) is 35.6 Å². The van der Waals surface area contributed by atoms with Crippen molar-refractivity contribution in [2.45, 2.75) is 19.4 Å². The number of ether oxygens (including phenoxy) is 1. The van der Waals surface area contributed by atoms with Gasteiger partial charge in [0.25, 0.3) is 0 Å². The standard InChI is InChI=1S/C12H16FNO2/c1-9(16-2)12(15)14-8-7-10-3-5-11(13)6-4-10/h3-6,9H,7-8H2,1-2H3,(H,14,15). The molecule has 0 spiro atoms. The van der Waals surface area contributed by atoms with Crippen LogP contribution in [-0.4, -0.2) is 25.7 Å². The van der Waals surface area contributed by atoms with Gasteiger partial charge in [-0.25, -0.2) is 4.39 Å². The van der Waals surface area contributed by atoms with Crippen LogP contribution in [0.5, 0.6) is 0 Å². The summed E-state index contributed by atoms with van der Waals surface area (Å²) in [6, 6.07) is 6.24. The Kier molecular flexibility index (Phi) is 4.92. The highest BCUT2D eigenvalue weighted by Gasteiger charge is 2.09. The summed E-state index contributed by atoms with van der Waals surface area (Å²) in [5.74, 6) is -0.384. The maximum absolute atomic E-state index is 12.6. The predicted octanol–water partition coefficient (Wildman–Crippen LogP) is 1.52. The van der Waals surface area contributed by atoms with Gasteiger partial charge in [0.15, 0.2) is 0 Å². The molecule has 1 aromatic rings. The van der Waals surface area contributed by atoms with Gasteiger partial charge in [-0.15, -0.1) is 0 Å². The number of hydrogen-bond donors (Lipinski definition) is 1. The molecule has 1 unspecified atom stereocenters. The van der Waals surface area contributed by atoms with E-state index in [0.717, 1.165) is 5.56 Å². The number of carbonyl (C=O) groups is 1. The summed E-state index contributed by atoms with van der Waals surface area (Å²) in [7, 11) is 1.49. The fourth-order valence-electron chi connectivity index (χ4n) is 1.23. The Bertz CT molecular complexity index is 337. The molecular weight excluding hydrogens is 209 g/mol. The lowest BCUT2D eigenvalue weighted by atomic mass is 10.1. The molecule has 1 rings (SSSR count). The number of carbonyl (C=O) groups excluding carboxylic acids is 1. The minimum atomic E-state index is -0.437. The van der Waals surface area contributed by atoms with E-state index in [1.54, 1.807) is 19.1 Å². The summed E-state index contributed by atoms with van der Waals surface area (Å²) in [6.07, 6.45) is 0.246. The number of hydrogen-bond acceptors (Lipinski definition) is 2. The first-order valence-electron chi connectivity index (χ1n) is 5.18. The number of nitrogens with one attached hydrogen (secondary N) is 1. The lowest BCUT2D eigenvalue weighted by molar-refractivity contribution is -0.129. The van der Waals surface area contributed by atoms with Gasteiger partial charge in [-0.3, -0.25) is 4.79 Å². The first kappa shape index (κ1) is 12.6. The monoisotopic (exact) mass is 225 g/mol. The molecule has 0 bridgehead atoms. The average Bonchev–Trinajstić information content (AvgIpc) is 2.30. The van der Waals surface area contributed by atoms with E-state index >= 15 is 0 Å². The molecule has 0 aliphatic rings. The minimum Gasteiger partial charge on any atom is -0.372 e. The molecule has 1 atom stereocenters. The van der Waals surface area contributed by atoms with E-state index in [1.807, 2.05) is 0 Å². The maximum Gasteiger partial charge on any atom is 0.248 e. The molecule has 3 nitrogen and oxygen atoms in total. The Hall–Kier alpha value is -1.42. The second-order valence-electron chi connectivity index (χ2n) is 3.55. The third-order valence-electron chi connectivity index (χ3n) is 2.35. The lowest BCUT2D eigenvalue weighted by Gasteiger charge is -2.10. The number of methoxy groups -OCH3 is 1. The van der Waals surface area contributed by atoms with Crippen molar-refractivity contribution in [1.29, 1.82) is 0 Å². The van der Waals surface area contributed by atoms with Crippen LogP contribution in [-0.2, 0) is 16.0 Å². The highest BCUT2D eigenvalue weighted by molar-refractivity contribution is 5.80. The average molecular weight is 225 g/mol. The number of rotatable bonds is 5. The van der Waals surface area contributed by atoms with Gasteiger partial charge in [-0.1, -0.05) is 12.1 Å². The number of amides is 1. The third kappa shape index (κ3) is 3.98. The van der Waals surface area contributed by atoms with Gasteiger partial charge in [0.05, 0.1) is 0 Å². The summed E-state index contributed by atoms with van der Waals surface area (Å²) in [6.45, 7) is 2.21. The summed E-state index contributed by atoms with van der Waals surface area (Å²) >= 11 is 0. The molecule has 88 valence electrons. The van der Waals surface area contributed by atoms with E-state index in [-0.39, 0.29) is 11.7 Å². The third-order valence-corrected chi connectivity index (χ3v) is 2.35. The first-order valence-corrected chi connectivity index (χ1v) is 5.18. The highest BCUT2D eigenvalue weighted by Crippen LogP contribution is 2.02. The van der Waals surface area contributed by atoms with Gasteiger partial charge in [-0.2, -0.15) is 0 Å². The van der Waals surface area contributed by atoms with Crippen LogP contribution < -0.4 is 5.32 Å². The van der Waals surface area contributed by atoms with Crippen molar-refractivity contribution in [3.8, 4) is 0 Å². The Morgan fingerprint density at radius 2 is 2.06 bits per heavy atom. The van der Waals surface area contributed by atoms with Crippen LogP contribution in [0.3, 0.4) is 0 Å². The molecule has 0 saturated heterocycles. The maximum atomic E-state index is 12.6.